The molecular weight excluding hydrogens is 464 g/mol. The first-order chi connectivity index (χ1) is 14.9. The van der Waals surface area contributed by atoms with Crippen LogP contribution in [0.15, 0.2) is 90.9 Å². The van der Waals surface area contributed by atoms with Crippen molar-refractivity contribution in [2.75, 3.05) is 0 Å². The Morgan fingerprint density at radius 3 is 1.34 bits per heavy atom. The summed E-state index contributed by atoms with van der Waals surface area (Å²) in [6, 6.07) is 11.9. The van der Waals surface area contributed by atoms with Crippen molar-refractivity contribution in [3.8, 4) is 11.5 Å². The summed E-state index contributed by atoms with van der Waals surface area (Å²) in [5, 5.41) is 35.1. The number of phenols is 2. The van der Waals surface area contributed by atoms with Crippen LogP contribution in [-0.2, 0) is 20.2 Å². The van der Waals surface area contributed by atoms with Gasteiger partial charge in [0.25, 0.3) is 20.2 Å². The molecule has 0 bridgehead atoms. The molecule has 166 valence electrons. The summed E-state index contributed by atoms with van der Waals surface area (Å²) in [4.78, 5) is -0.795. The second kappa shape index (κ2) is 8.80. The first kappa shape index (κ1) is 23.0. The fourth-order valence-corrected chi connectivity index (χ4v) is 3.39. The monoisotopic (exact) mass is 478 g/mol. The number of nitrogens with zero attached hydrogens (tertiary/aromatic N) is 4. The van der Waals surface area contributed by atoms with Gasteiger partial charge in [0.05, 0.1) is 21.2 Å². The number of phenolic OH excluding ortho intramolecular Hbond substituents is 2. The lowest BCUT2D eigenvalue weighted by Crippen LogP contribution is -1.96. The van der Waals surface area contributed by atoms with E-state index in [1.54, 1.807) is 0 Å². The van der Waals surface area contributed by atoms with Crippen molar-refractivity contribution in [1.29, 1.82) is 0 Å². The van der Waals surface area contributed by atoms with E-state index in [1.165, 1.54) is 24.3 Å². The van der Waals surface area contributed by atoms with Crippen molar-refractivity contribution in [2.24, 2.45) is 20.5 Å². The molecule has 0 amide bonds. The molecule has 0 atom stereocenters. The van der Waals surface area contributed by atoms with E-state index >= 15 is 0 Å². The number of benzene rings is 3. The van der Waals surface area contributed by atoms with Gasteiger partial charge in [-0.05, 0) is 36.4 Å². The van der Waals surface area contributed by atoms with E-state index < -0.39 is 41.5 Å². The van der Waals surface area contributed by atoms with Crippen molar-refractivity contribution in [3.05, 3.63) is 60.7 Å². The Morgan fingerprint density at radius 1 is 0.562 bits per heavy atom. The molecule has 0 spiro atoms. The summed E-state index contributed by atoms with van der Waals surface area (Å²) in [5.74, 6) is -0.936. The van der Waals surface area contributed by atoms with Gasteiger partial charge in [-0.25, -0.2) is 0 Å². The Kier molecular flexibility index (Phi) is 6.31. The van der Waals surface area contributed by atoms with E-state index in [0.29, 0.717) is 0 Å². The summed E-state index contributed by atoms with van der Waals surface area (Å²) in [6.45, 7) is 0. The Balaban J connectivity index is 1.92. The fraction of sp³-hybridized carbons (Fsp3) is 0. The predicted molar refractivity (Wildman–Crippen MR) is 111 cm³/mol. The minimum Gasteiger partial charge on any atom is -0.505 e. The summed E-state index contributed by atoms with van der Waals surface area (Å²) < 4.78 is 63.0. The van der Waals surface area contributed by atoms with Crippen LogP contribution in [0, 0.1) is 0 Å². The highest BCUT2D eigenvalue weighted by Crippen LogP contribution is 2.39. The molecule has 0 fully saturated rings. The van der Waals surface area contributed by atoms with Crippen molar-refractivity contribution >= 4 is 43.0 Å². The molecule has 14 heteroatoms. The van der Waals surface area contributed by atoms with Gasteiger partial charge >= 0.3 is 0 Å². The highest BCUT2D eigenvalue weighted by molar-refractivity contribution is 7.86. The maximum absolute atomic E-state index is 11.2. The Morgan fingerprint density at radius 2 is 0.969 bits per heavy atom. The van der Waals surface area contributed by atoms with Gasteiger partial charge in [-0.2, -0.15) is 27.1 Å². The third-order valence-corrected chi connectivity index (χ3v) is 5.55. The molecule has 0 saturated heterocycles. The summed E-state index contributed by atoms with van der Waals surface area (Å²) >= 11 is 0. The molecule has 0 unspecified atom stereocenters. The standard InChI is InChI=1S/C18H14N4O8S2/c23-17-10-18(24)16(22-20-12-4-2-6-14(8-12)32(28,29)30)9-15(17)21-19-11-3-1-5-13(7-11)31(25,26)27/h1-10,23-24H,(H,25,26,27)(H,28,29,30). The molecule has 0 radical (unpaired) electrons. The van der Waals surface area contributed by atoms with Crippen LogP contribution in [0.1, 0.15) is 0 Å². The van der Waals surface area contributed by atoms with E-state index in [-0.39, 0.29) is 22.7 Å². The molecule has 0 aliphatic rings. The summed E-state index contributed by atoms with van der Waals surface area (Å²) in [6.07, 6.45) is 0. The summed E-state index contributed by atoms with van der Waals surface area (Å²) in [7, 11) is -8.88. The minimum atomic E-state index is -4.44. The van der Waals surface area contributed by atoms with Crippen LogP contribution in [-0.4, -0.2) is 36.2 Å². The van der Waals surface area contributed by atoms with Gasteiger partial charge in [-0.3, -0.25) is 9.11 Å². The number of azo groups is 2. The van der Waals surface area contributed by atoms with E-state index in [4.69, 9.17) is 9.11 Å². The maximum Gasteiger partial charge on any atom is 0.294 e. The maximum atomic E-state index is 11.2. The average Bonchev–Trinajstić information content (AvgIpc) is 2.71. The third-order valence-electron chi connectivity index (χ3n) is 3.85. The van der Waals surface area contributed by atoms with Crippen LogP contribution in [0.5, 0.6) is 11.5 Å². The molecule has 3 aromatic carbocycles. The molecular formula is C18H14N4O8S2. The fourth-order valence-electron chi connectivity index (χ4n) is 2.35. The molecule has 3 aromatic rings. The van der Waals surface area contributed by atoms with Gasteiger partial charge in [-0.15, -0.1) is 10.2 Å². The minimum absolute atomic E-state index is 0.0535. The van der Waals surface area contributed by atoms with Gasteiger partial charge in [0.2, 0.25) is 0 Å². The lowest BCUT2D eigenvalue weighted by Gasteiger charge is -2.03. The topological polar surface area (TPSA) is 199 Å². The van der Waals surface area contributed by atoms with E-state index in [2.05, 4.69) is 20.5 Å². The van der Waals surface area contributed by atoms with Crippen LogP contribution in [0.3, 0.4) is 0 Å². The molecule has 4 N–H and O–H groups in total. The van der Waals surface area contributed by atoms with Crippen LogP contribution >= 0.6 is 0 Å². The Labute approximate surface area is 181 Å². The second-order valence-electron chi connectivity index (χ2n) is 6.17. The van der Waals surface area contributed by atoms with Crippen molar-refractivity contribution in [2.45, 2.75) is 9.79 Å². The van der Waals surface area contributed by atoms with Gasteiger partial charge < -0.3 is 10.2 Å². The van der Waals surface area contributed by atoms with Crippen molar-refractivity contribution < 1.29 is 36.2 Å². The molecule has 0 aromatic heterocycles. The number of hydrogen-bond donors (Lipinski definition) is 4. The van der Waals surface area contributed by atoms with E-state index in [0.717, 1.165) is 36.4 Å². The average molecular weight is 478 g/mol. The van der Waals surface area contributed by atoms with Crippen LogP contribution in [0.4, 0.5) is 22.7 Å². The SMILES string of the molecule is O=S(=O)(O)c1cccc(N=Nc2cc(N=Nc3cccc(S(=O)(=O)O)c3)c(O)cc2O)c1. The molecule has 12 nitrogen and oxygen atoms in total. The lowest BCUT2D eigenvalue weighted by atomic mass is 10.2. The first-order valence-electron chi connectivity index (χ1n) is 8.48. The molecule has 0 aliphatic heterocycles. The largest absolute Gasteiger partial charge is 0.505 e. The smallest absolute Gasteiger partial charge is 0.294 e. The molecule has 0 saturated carbocycles. The van der Waals surface area contributed by atoms with Gasteiger partial charge in [0.15, 0.2) is 0 Å². The third kappa shape index (κ3) is 5.70. The highest BCUT2D eigenvalue weighted by atomic mass is 32.2. The van der Waals surface area contributed by atoms with Crippen LogP contribution < -0.4 is 0 Å². The molecule has 0 heterocycles. The zero-order chi connectivity index (χ0) is 23.5. The van der Waals surface area contributed by atoms with Gasteiger partial charge in [0, 0.05) is 12.1 Å². The molecule has 0 aliphatic carbocycles. The van der Waals surface area contributed by atoms with Crippen molar-refractivity contribution in [1.82, 2.24) is 0 Å². The number of rotatable bonds is 6. The molecule has 32 heavy (non-hydrogen) atoms. The van der Waals surface area contributed by atoms with E-state index in [9.17, 15) is 27.0 Å². The Hall–Kier alpha value is -3.72. The van der Waals surface area contributed by atoms with Crippen LogP contribution in [0.25, 0.3) is 0 Å². The molecule has 3 rings (SSSR count). The van der Waals surface area contributed by atoms with E-state index in [1.807, 2.05) is 0 Å². The number of hydrogen-bond acceptors (Lipinski definition) is 10. The van der Waals surface area contributed by atoms with Gasteiger partial charge in [-0.1, -0.05) is 12.1 Å². The van der Waals surface area contributed by atoms with Crippen LogP contribution in [0.2, 0.25) is 0 Å². The zero-order valence-electron chi connectivity index (χ0n) is 15.8. The van der Waals surface area contributed by atoms with Crippen molar-refractivity contribution in [3.63, 3.8) is 0 Å². The quantitative estimate of drug-likeness (QED) is 0.294. The second-order valence-corrected chi connectivity index (χ2v) is 9.02. The Bertz CT molecular complexity index is 1340. The first-order valence-corrected chi connectivity index (χ1v) is 11.4. The van der Waals surface area contributed by atoms with Gasteiger partial charge in [0.1, 0.15) is 22.9 Å². The predicted octanol–water partition coefficient (Wildman–Crippen LogP) is 4.42. The number of aromatic hydroxyl groups is 2. The zero-order valence-corrected chi connectivity index (χ0v) is 17.4. The lowest BCUT2D eigenvalue weighted by molar-refractivity contribution is 0.452. The highest BCUT2D eigenvalue weighted by Gasteiger charge is 2.12. The summed E-state index contributed by atoms with van der Waals surface area (Å²) in [5.41, 5.74) is -0.197. The normalized spacial score (nSPS) is 12.6.